The van der Waals surface area contributed by atoms with Crippen molar-refractivity contribution in [2.45, 2.75) is 158 Å². The van der Waals surface area contributed by atoms with Crippen LogP contribution in [0.1, 0.15) is 167 Å². The summed E-state index contributed by atoms with van der Waals surface area (Å²) in [6, 6.07) is 20.8. The van der Waals surface area contributed by atoms with E-state index in [-0.39, 0.29) is 5.92 Å². The fourth-order valence-corrected chi connectivity index (χ4v) is 12.3. The molecule has 5 heteroatoms. The second-order valence-corrected chi connectivity index (χ2v) is 18.2. The van der Waals surface area contributed by atoms with E-state index in [9.17, 15) is 9.46 Å². The molecule has 0 aromatic heterocycles. The highest BCUT2D eigenvalue weighted by molar-refractivity contribution is 7.47. The van der Waals surface area contributed by atoms with E-state index in [2.05, 4.69) is 61.5 Å². The number of hydrogen-bond acceptors (Lipinski definition) is 3. The molecule has 9 rings (SSSR count). The van der Waals surface area contributed by atoms with Crippen LogP contribution in [0.15, 0.2) is 65.7 Å². The number of benzene rings is 3. The predicted molar refractivity (Wildman–Crippen MR) is 202 cm³/mol. The molecule has 5 aliphatic carbocycles. The molecule has 1 N–H and O–H groups in total. The van der Waals surface area contributed by atoms with Crippen molar-refractivity contribution in [3.8, 4) is 16.9 Å². The topological polar surface area (TPSA) is 55.8 Å². The van der Waals surface area contributed by atoms with Gasteiger partial charge in [0.05, 0.1) is 6.10 Å². The van der Waals surface area contributed by atoms with Crippen molar-refractivity contribution in [2.75, 3.05) is 0 Å². The first-order valence-electron chi connectivity index (χ1n) is 20.2. The van der Waals surface area contributed by atoms with E-state index >= 15 is 0 Å². The molecule has 0 bridgehead atoms. The standard InChI is InChI=1S/C45H55O4P/c1-45(37-26-24-33(25-27-37)31-14-6-3-7-15-31)29-36-17-9-11-19-39(36)42-41-38-18-10-8-16-35(38)28-40(43(41)48-50(46,47)49-44(42)45)34-22-20-32(21-23-34)30-12-4-2-5-13-30/h20-28,30-31,42,44H,2-19,29H2,1H3,(H,46,47)/t42-,44?,45?/m1/s1. The van der Waals surface area contributed by atoms with Crippen LogP contribution in [-0.4, -0.2) is 11.0 Å². The number of hydrogen-bond donors (Lipinski definition) is 1. The molecule has 3 aromatic rings. The third-order valence-corrected chi connectivity index (χ3v) is 14.8. The lowest BCUT2D eigenvalue weighted by atomic mass is 9.58. The van der Waals surface area contributed by atoms with Crippen molar-refractivity contribution in [3.63, 3.8) is 0 Å². The second-order valence-electron chi connectivity index (χ2n) is 16.9. The molecule has 264 valence electrons. The summed E-state index contributed by atoms with van der Waals surface area (Å²) in [5.74, 6) is 1.78. The van der Waals surface area contributed by atoms with E-state index in [0.717, 1.165) is 61.6 Å². The minimum atomic E-state index is -4.47. The zero-order valence-electron chi connectivity index (χ0n) is 30.1. The minimum absolute atomic E-state index is 0.103. The normalized spacial score (nSPS) is 30.4. The first kappa shape index (κ1) is 33.2. The van der Waals surface area contributed by atoms with Gasteiger partial charge < -0.3 is 4.52 Å². The number of rotatable bonds is 4. The van der Waals surface area contributed by atoms with Gasteiger partial charge in [0, 0.05) is 22.5 Å². The van der Waals surface area contributed by atoms with Gasteiger partial charge in [-0.15, -0.1) is 0 Å². The Morgan fingerprint density at radius 1 is 0.720 bits per heavy atom. The fourth-order valence-electron chi connectivity index (χ4n) is 11.2. The Kier molecular flexibility index (Phi) is 8.90. The predicted octanol–water partition coefficient (Wildman–Crippen LogP) is 12.5. The Hall–Kier alpha value is -2.65. The lowest BCUT2D eigenvalue weighted by Crippen LogP contribution is -2.47. The van der Waals surface area contributed by atoms with Gasteiger partial charge in [-0.25, -0.2) is 4.57 Å². The molecule has 50 heavy (non-hydrogen) atoms. The molecule has 6 aliphatic rings. The molecule has 2 saturated carbocycles. The van der Waals surface area contributed by atoms with Crippen LogP contribution >= 0.6 is 7.82 Å². The Bertz CT molecular complexity index is 1810. The summed E-state index contributed by atoms with van der Waals surface area (Å²) < 4.78 is 27.3. The summed E-state index contributed by atoms with van der Waals surface area (Å²) in [7, 11) is -4.47. The van der Waals surface area contributed by atoms with Crippen LogP contribution in [0.3, 0.4) is 0 Å². The first-order valence-corrected chi connectivity index (χ1v) is 21.7. The van der Waals surface area contributed by atoms with Crippen LogP contribution in [-0.2, 0) is 27.3 Å². The van der Waals surface area contributed by atoms with Gasteiger partial charge in [0.2, 0.25) is 0 Å². The van der Waals surface area contributed by atoms with Crippen LogP contribution in [0.25, 0.3) is 11.1 Å². The minimum Gasteiger partial charge on any atom is -0.403 e. The highest BCUT2D eigenvalue weighted by Gasteiger charge is 2.55. The molecule has 0 amide bonds. The van der Waals surface area contributed by atoms with E-state index in [0.29, 0.717) is 17.6 Å². The maximum Gasteiger partial charge on any atom is 0.527 e. The summed E-state index contributed by atoms with van der Waals surface area (Å²) in [4.78, 5) is 11.7. The van der Waals surface area contributed by atoms with Gasteiger partial charge in [0.1, 0.15) is 5.75 Å². The summed E-state index contributed by atoms with van der Waals surface area (Å²) >= 11 is 0. The Morgan fingerprint density at radius 3 is 2.00 bits per heavy atom. The smallest absolute Gasteiger partial charge is 0.403 e. The summed E-state index contributed by atoms with van der Waals surface area (Å²) in [6.45, 7) is 2.31. The zero-order valence-corrected chi connectivity index (χ0v) is 31.0. The molecule has 1 heterocycles. The molecular weight excluding hydrogens is 635 g/mol. The molecule has 0 radical (unpaired) electrons. The molecule has 4 atom stereocenters. The van der Waals surface area contributed by atoms with Gasteiger partial charge in [-0.1, -0.05) is 105 Å². The van der Waals surface area contributed by atoms with Crippen molar-refractivity contribution < 1.29 is 18.5 Å². The van der Waals surface area contributed by atoms with E-state index in [1.165, 1.54) is 110 Å². The van der Waals surface area contributed by atoms with Gasteiger partial charge in [0.15, 0.2) is 0 Å². The number of fused-ring (bicyclic) bond motifs is 6. The molecule has 2 fully saturated rings. The van der Waals surface area contributed by atoms with E-state index < -0.39 is 19.3 Å². The first-order chi connectivity index (χ1) is 24.4. The summed E-state index contributed by atoms with van der Waals surface area (Å²) in [5.41, 5.74) is 12.6. The lowest BCUT2D eigenvalue weighted by molar-refractivity contribution is 0.0611. The Morgan fingerprint density at radius 2 is 1.32 bits per heavy atom. The Labute approximate surface area is 299 Å². The largest absolute Gasteiger partial charge is 0.527 e. The molecule has 0 spiro atoms. The third kappa shape index (κ3) is 5.96. The molecule has 1 aliphatic heterocycles. The monoisotopic (exact) mass is 690 g/mol. The van der Waals surface area contributed by atoms with Crippen LogP contribution < -0.4 is 4.52 Å². The van der Waals surface area contributed by atoms with Crippen LogP contribution in [0.5, 0.6) is 5.75 Å². The number of phosphoric acid groups is 1. The summed E-state index contributed by atoms with van der Waals surface area (Å²) in [6.07, 6.45) is 22.3. The summed E-state index contributed by atoms with van der Waals surface area (Å²) in [5, 5.41) is 0. The van der Waals surface area contributed by atoms with Gasteiger partial charge in [-0.2, -0.15) is 0 Å². The highest BCUT2D eigenvalue weighted by Crippen LogP contribution is 2.64. The van der Waals surface area contributed by atoms with Crippen LogP contribution in [0, 0.1) is 0 Å². The van der Waals surface area contributed by atoms with Gasteiger partial charge >= 0.3 is 7.82 Å². The van der Waals surface area contributed by atoms with Crippen molar-refractivity contribution in [2.24, 2.45) is 0 Å². The SMILES string of the molecule is CC1(c2ccc(C3CCCCC3)cc2)CC2=C(CCCC2)[C@@H]2c3c4c(cc(-c5ccc(C6CCCCC6)cc5)c3OP(=O)(O)OC21)CCCC4. The molecule has 3 aromatic carbocycles. The Balaban J connectivity index is 1.20. The van der Waals surface area contributed by atoms with E-state index in [1.54, 1.807) is 5.57 Å². The molecular formula is C45H55O4P. The van der Waals surface area contributed by atoms with Crippen molar-refractivity contribution in [3.05, 3.63) is 99.1 Å². The average Bonchev–Trinajstić information content (AvgIpc) is 3.29. The highest BCUT2D eigenvalue weighted by atomic mass is 31.2. The quantitative estimate of drug-likeness (QED) is 0.219. The van der Waals surface area contributed by atoms with Crippen LogP contribution in [0.2, 0.25) is 0 Å². The molecule has 0 saturated heterocycles. The molecule has 4 nitrogen and oxygen atoms in total. The van der Waals surface area contributed by atoms with Gasteiger partial charge in [0.25, 0.3) is 0 Å². The van der Waals surface area contributed by atoms with Gasteiger partial charge in [-0.3, -0.25) is 9.42 Å². The maximum atomic E-state index is 14.3. The van der Waals surface area contributed by atoms with Gasteiger partial charge in [-0.05, 0) is 135 Å². The van der Waals surface area contributed by atoms with Crippen molar-refractivity contribution in [1.82, 2.24) is 0 Å². The third-order valence-electron chi connectivity index (χ3n) is 13.9. The van der Waals surface area contributed by atoms with Crippen LogP contribution in [0.4, 0.5) is 0 Å². The van der Waals surface area contributed by atoms with E-state index in [1.807, 2.05) is 0 Å². The molecule has 3 unspecified atom stereocenters. The fraction of sp³-hybridized carbons (Fsp3) is 0.556. The van der Waals surface area contributed by atoms with E-state index in [4.69, 9.17) is 9.05 Å². The number of allylic oxidation sites excluding steroid dienone is 1. The zero-order chi connectivity index (χ0) is 33.9. The maximum absolute atomic E-state index is 14.3. The second kappa shape index (κ2) is 13.4. The average molecular weight is 691 g/mol. The number of phosphoric ester groups is 1. The van der Waals surface area contributed by atoms with Crippen molar-refractivity contribution >= 4 is 7.82 Å². The lowest BCUT2D eigenvalue weighted by Gasteiger charge is -2.49. The van der Waals surface area contributed by atoms with Crippen molar-refractivity contribution in [1.29, 1.82) is 0 Å². The number of aryl methyl sites for hydroxylation is 1.